The topological polar surface area (TPSA) is 50.4 Å². The highest BCUT2D eigenvalue weighted by Gasteiger charge is 2.15. The molecule has 1 amide bonds. The van der Waals surface area contributed by atoms with Crippen LogP contribution in [0.15, 0.2) is 0 Å². The fraction of sp³-hybridized carbons (Fsp3) is 0.889. The van der Waals surface area contributed by atoms with Gasteiger partial charge in [0.15, 0.2) is 0 Å². The number of amides is 1. The normalized spacial score (nSPS) is 21.8. The lowest BCUT2D eigenvalue weighted by atomic mass is 10.2. The van der Waals surface area contributed by atoms with E-state index in [0.29, 0.717) is 12.6 Å². The zero-order valence-electron chi connectivity index (χ0n) is 8.14. The lowest BCUT2D eigenvalue weighted by molar-refractivity contribution is -0.126. The molecule has 0 saturated carbocycles. The summed E-state index contributed by atoms with van der Waals surface area (Å²) in [5.74, 6) is 0.00199. The highest BCUT2D eigenvalue weighted by molar-refractivity contribution is 5.77. The summed E-state index contributed by atoms with van der Waals surface area (Å²) in [7, 11) is 0. The summed E-state index contributed by atoms with van der Waals surface area (Å²) in [6.07, 6.45) is 1.98. The Morgan fingerprint density at radius 1 is 1.69 bits per heavy atom. The predicted molar refractivity (Wildman–Crippen MR) is 50.5 cm³/mol. The molecule has 1 heterocycles. The summed E-state index contributed by atoms with van der Waals surface area (Å²) in [6, 6.07) is 0.303. The van der Waals surface area contributed by atoms with Gasteiger partial charge in [0.1, 0.15) is 6.61 Å². The van der Waals surface area contributed by atoms with E-state index in [9.17, 15) is 4.79 Å². The summed E-state index contributed by atoms with van der Waals surface area (Å²) in [6.45, 7) is 4.78. The van der Waals surface area contributed by atoms with Crippen molar-refractivity contribution >= 4 is 5.91 Å². The third kappa shape index (κ3) is 4.24. The zero-order valence-corrected chi connectivity index (χ0v) is 8.14. The Morgan fingerprint density at radius 2 is 2.54 bits per heavy atom. The first kappa shape index (κ1) is 10.5. The van der Waals surface area contributed by atoms with Crippen molar-refractivity contribution in [3.8, 4) is 0 Å². The van der Waals surface area contributed by atoms with Gasteiger partial charge in [-0.2, -0.15) is 0 Å². The number of rotatable bonds is 5. The largest absolute Gasteiger partial charge is 0.372 e. The van der Waals surface area contributed by atoms with Gasteiger partial charge in [0.05, 0.1) is 0 Å². The van der Waals surface area contributed by atoms with E-state index in [1.807, 2.05) is 6.92 Å². The number of hydrogen-bond acceptors (Lipinski definition) is 3. The van der Waals surface area contributed by atoms with Crippen molar-refractivity contribution in [2.24, 2.45) is 0 Å². The van der Waals surface area contributed by atoms with Crippen LogP contribution in [0.4, 0.5) is 0 Å². The highest BCUT2D eigenvalue weighted by Crippen LogP contribution is 1.96. The van der Waals surface area contributed by atoms with Crippen molar-refractivity contribution in [2.45, 2.75) is 25.8 Å². The molecule has 1 rings (SSSR count). The molecular formula is C9H18N2O2. The number of carbonyl (C=O) groups is 1. The molecule has 0 spiro atoms. The smallest absolute Gasteiger partial charge is 0.246 e. The van der Waals surface area contributed by atoms with Crippen LogP contribution in [0.3, 0.4) is 0 Å². The SMILES string of the molecule is CCCOCC(=O)N[C@@H]1CCNC1. The molecule has 0 unspecified atom stereocenters. The lowest BCUT2D eigenvalue weighted by Crippen LogP contribution is -2.38. The molecule has 4 nitrogen and oxygen atoms in total. The minimum absolute atomic E-state index is 0.00199. The van der Waals surface area contributed by atoms with Gasteiger partial charge in [-0.25, -0.2) is 0 Å². The van der Waals surface area contributed by atoms with Gasteiger partial charge in [-0.3, -0.25) is 4.79 Å². The molecule has 1 aliphatic heterocycles. The minimum Gasteiger partial charge on any atom is -0.372 e. The predicted octanol–water partition coefficient (Wildman–Crippen LogP) is -0.109. The van der Waals surface area contributed by atoms with E-state index in [-0.39, 0.29) is 12.5 Å². The highest BCUT2D eigenvalue weighted by atomic mass is 16.5. The lowest BCUT2D eigenvalue weighted by Gasteiger charge is -2.10. The van der Waals surface area contributed by atoms with E-state index in [4.69, 9.17) is 4.74 Å². The Labute approximate surface area is 79.0 Å². The average Bonchev–Trinajstić information content (AvgIpc) is 2.57. The summed E-state index contributed by atoms with van der Waals surface area (Å²) in [5, 5.41) is 6.10. The molecule has 1 atom stereocenters. The molecule has 1 fully saturated rings. The van der Waals surface area contributed by atoms with Crippen molar-refractivity contribution in [1.82, 2.24) is 10.6 Å². The fourth-order valence-electron chi connectivity index (χ4n) is 1.36. The first-order valence-electron chi connectivity index (χ1n) is 4.90. The van der Waals surface area contributed by atoms with Gasteiger partial charge in [-0.05, 0) is 19.4 Å². The molecule has 0 bridgehead atoms. The second kappa shape index (κ2) is 5.94. The van der Waals surface area contributed by atoms with Crippen LogP contribution in [-0.4, -0.2) is 38.3 Å². The first-order chi connectivity index (χ1) is 6.33. The van der Waals surface area contributed by atoms with E-state index in [1.165, 1.54) is 0 Å². The molecular weight excluding hydrogens is 168 g/mol. The summed E-state index contributed by atoms with van der Waals surface area (Å²) in [5.41, 5.74) is 0. The molecule has 1 saturated heterocycles. The van der Waals surface area contributed by atoms with Crippen molar-refractivity contribution < 1.29 is 9.53 Å². The number of carbonyl (C=O) groups excluding carboxylic acids is 1. The van der Waals surface area contributed by atoms with Gasteiger partial charge in [0.25, 0.3) is 0 Å². The molecule has 13 heavy (non-hydrogen) atoms. The zero-order chi connectivity index (χ0) is 9.52. The van der Waals surface area contributed by atoms with Gasteiger partial charge < -0.3 is 15.4 Å². The quantitative estimate of drug-likeness (QED) is 0.589. The molecule has 76 valence electrons. The van der Waals surface area contributed by atoms with Gasteiger partial charge >= 0.3 is 0 Å². The summed E-state index contributed by atoms with van der Waals surface area (Å²) in [4.78, 5) is 11.2. The Morgan fingerprint density at radius 3 is 3.15 bits per heavy atom. The average molecular weight is 186 g/mol. The molecule has 0 aromatic carbocycles. The molecule has 2 N–H and O–H groups in total. The van der Waals surface area contributed by atoms with Crippen LogP contribution in [0.1, 0.15) is 19.8 Å². The van der Waals surface area contributed by atoms with Crippen LogP contribution in [-0.2, 0) is 9.53 Å². The van der Waals surface area contributed by atoms with Crippen LogP contribution in [0, 0.1) is 0 Å². The van der Waals surface area contributed by atoms with E-state index in [2.05, 4.69) is 10.6 Å². The van der Waals surface area contributed by atoms with Crippen molar-refractivity contribution in [1.29, 1.82) is 0 Å². The standard InChI is InChI=1S/C9H18N2O2/c1-2-5-13-7-9(12)11-8-3-4-10-6-8/h8,10H,2-7H2,1H3,(H,11,12)/t8-/m1/s1. The maximum Gasteiger partial charge on any atom is 0.246 e. The molecule has 0 aliphatic carbocycles. The molecule has 1 aliphatic rings. The molecule has 4 heteroatoms. The maximum absolute atomic E-state index is 11.2. The van der Waals surface area contributed by atoms with E-state index < -0.39 is 0 Å². The number of ether oxygens (including phenoxy) is 1. The summed E-state index contributed by atoms with van der Waals surface area (Å²) < 4.78 is 5.12. The second-order valence-electron chi connectivity index (χ2n) is 3.31. The Balaban J connectivity index is 2.02. The van der Waals surface area contributed by atoms with Crippen molar-refractivity contribution in [3.63, 3.8) is 0 Å². The number of hydrogen-bond donors (Lipinski definition) is 2. The van der Waals surface area contributed by atoms with Crippen LogP contribution >= 0.6 is 0 Å². The Hall–Kier alpha value is -0.610. The van der Waals surface area contributed by atoms with Crippen molar-refractivity contribution in [2.75, 3.05) is 26.3 Å². The van der Waals surface area contributed by atoms with Crippen molar-refractivity contribution in [3.05, 3.63) is 0 Å². The molecule has 0 aromatic rings. The maximum atomic E-state index is 11.2. The molecule has 0 aromatic heterocycles. The van der Waals surface area contributed by atoms with Gasteiger partial charge in [-0.15, -0.1) is 0 Å². The fourth-order valence-corrected chi connectivity index (χ4v) is 1.36. The molecule has 0 radical (unpaired) electrons. The monoisotopic (exact) mass is 186 g/mol. The Kier molecular flexibility index (Phi) is 4.78. The van der Waals surface area contributed by atoms with Crippen LogP contribution in [0.2, 0.25) is 0 Å². The van der Waals surface area contributed by atoms with Gasteiger partial charge in [0, 0.05) is 19.2 Å². The minimum atomic E-state index is 0.00199. The summed E-state index contributed by atoms with van der Waals surface area (Å²) >= 11 is 0. The second-order valence-corrected chi connectivity index (χ2v) is 3.31. The van der Waals surface area contributed by atoms with Gasteiger partial charge in [-0.1, -0.05) is 6.92 Å². The number of nitrogens with one attached hydrogen (secondary N) is 2. The first-order valence-corrected chi connectivity index (χ1v) is 4.90. The van der Waals surface area contributed by atoms with Crippen LogP contribution in [0.25, 0.3) is 0 Å². The Bertz CT molecular complexity index is 156. The van der Waals surface area contributed by atoms with E-state index in [0.717, 1.165) is 25.9 Å². The van der Waals surface area contributed by atoms with Crippen LogP contribution < -0.4 is 10.6 Å². The van der Waals surface area contributed by atoms with Gasteiger partial charge in [0.2, 0.25) is 5.91 Å². The van der Waals surface area contributed by atoms with E-state index in [1.54, 1.807) is 0 Å². The van der Waals surface area contributed by atoms with E-state index >= 15 is 0 Å². The third-order valence-corrected chi connectivity index (χ3v) is 2.01. The third-order valence-electron chi connectivity index (χ3n) is 2.01. The van der Waals surface area contributed by atoms with Crippen LogP contribution in [0.5, 0.6) is 0 Å².